The van der Waals surface area contributed by atoms with E-state index in [0.717, 1.165) is 0 Å². The highest BCUT2D eigenvalue weighted by Gasteiger charge is 2.30. The van der Waals surface area contributed by atoms with Crippen molar-refractivity contribution in [3.63, 3.8) is 0 Å². The topological polar surface area (TPSA) is 46.6 Å². The molecule has 0 radical (unpaired) electrons. The molecule has 1 aliphatic heterocycles. The molecular formula is C11H15NO3S. The molecule has 4 nitrogen and oxygen atoms in total. The van der Waals surface area contributed by atoms with E-state index in [4.69, 9.17) is 4.74 Å². The van der Waals surface area contributed by atoms with Crippen molar-refractivity contribution in [3.05, 3.63) is 24.3 Å². The number of hydrogen-bond donors (Lipinski definition) is 0. The van der Waals surface area contributed by atoms with Gasteiger partial charge in [0.2, 0.25) is 10.0 Å². The van der Waals surface area contributed by atoms with Gasteiger partial charge in [0.1, 0.15) is 5.75 Å². The first kappa shape index (κ1) is 11.3. The summed E-state index contributed by atoms with van der Waals surface area (Å²) in [7, 11) is -3.13. The number of anilines is 1. The van der Waals surface area contributed by atoms with E-state index in [1.165, 1.54) is 4.31 Å². The molecule has 0 atom stereocenters. The Morgan fingerprint density at radius 2 is 2.12 bits per heavy atom. The van der Waals surface area contributed by atoms with Gasteiger partial charge in [-0.1, -0.05) is 12.1 Å². The largest absolute Gasteiger partial charge is 0.492 e. The highest BCUT2D eigenvalue weighted by molar-refractivity contribution is 7.93. The van der Waals surface area contributed by atoms with E-state index in [9.17, 15) is 8.42 Å². The minimum absolute atomic E-state index is 0.230. The Balaban J connectivity index is 2.40. The monoisotopic (exact) mass is 241 g/mol. The summed E-state index contributed by atoms with van der Waals surface area (Å²) in [5.41, 5.74) is 0.654. The molecule has 0 N–H and O–H groups in total. The molecule has 2 rings (SSSR count). The Hall–Kier alpha value is -1.23. The average molecular weight is 241 g/mol. The molecular weight excluding hydrogens is 226 g/mol. The third kappa shape index (κ3) is 2.00. The predicted octanol–water partition coefficient (Wildman–Crippen LogP) is 1.63. The summed E-state index contributed by atoms with van der Waals surface area (Å²) in [5.74, 6) is 0.864. The molecule has 0 unspecified atom stereocenters. The van der Waals surface area contributed by atoms with Gasteiger partial charge in [0.05, 0.1) is 18.0 Å². The summed E-state index contributed by atoms with van der Waals surface area (Å²) in [6.07, 6.45) is 0.683. The molecule has 5 heteroatoms. The molecule has 0 bridgehead atoms. The molecule has 0 spiro atoms. The SMILES string of the molecule is CCOc1ccccc1N1CCCS1(=O)=O. The maximum absolute atomic E-state index is 11.8. The molecule has 0 aliphatic carbocycles. The lowest BCUT2D eigenvalue weighted by Gasteiger charge is -2.19. The van der Waals surface area contributed by atoms with Crippen LogP contribution in [0.5, 0.6) is 5.75 Å². The number of sulfonamides is 1. The van der Waals surface area contributed by atoms with E-state index >= 15 is 0 Å². The van der Waals surface area contributed by atoms with Crippen molar-refractivity contribution in [2.75, 3.05) is 23.2 Å². The first-order chi connectivity index (χ1) is 7.65. The Morgan fingerprint density at radius 1 is 1.38 bits per heavy atom. The maximum Gasteiger partial charge on any atom is 0.235 e. The molecule has 0 saturated carbocycles. The fourth-order valence-electron chi connectivity index (χ4n) is 1.85. The van der Waals surface area contributed by atoms with Crippen LogP contribution in [0.4, 0.5) is 5.69 Å². The van der Waals surface area contributed by atoms with Crippen LogP contribution in [0.2, 0.25) is 0 Å². The Labute approximate surface area is 95.9 Å². The van der Waals surface area contributed by atoms with Crippen LogP contribution in [0.25, 0.3) is 0 Å². The maximum atomic E-state index is 11.8. The van der Waals surface area contributed by atoms with Gasteiger partial charge in [0.15, 0.2) is 0 Å². The highest BCUT2D eigenvalue weighted by atomic mass is 32.2. The summed E-state index contributed by atoms with van der Waals surface area (Å²) in [6.45, 7) is 2.96. The summed E-state index contributed by atoms with van der Waals surface area (Å²) < 4.78 is 30.5. The zero-order valence-electron chi connectivity index (χ0n) is 9.22. The average Bonchev–Trinajstić information content (AvgIpc) is 2.59. The standard InChI is InChI=1S/C11H15NO3S/c1-2-15-11-7-4-3-6-10(11)12-8-5-9-16(12,13)14/h3-4,6-7H,2,5,8-9H2,1H3. The Kier molecular flexibility index (Phi) is 3.05. The highest BCUT2D eigenvalue weighted by Crippen LogP contribution is 2.32. The number of benzene rings is 1. The van der Waals surface area contributed by atoms with Gasteiger partial charge < -0.3 is 4.74 Å². The van der Waals surface area contributed by atoms with Gasteiger partial charge >= 0.3 is 0 Å². The van der Waals surface area contributed by atoms with Crippen LogP contribution in [0, 0.1) is 0 Å². The van der Waals surface area contributed by atoms with E-state index in [1.54, 1.807) is 12.1 Å². The van der Waals surface area contributed by atoms with Crippen molar-refractivity contribution in [2.45, 2.75) is 13.3 Å². The fraction of sp³-hybridized carbons (Fsp3) is 0.455. The molecule has 88 valence electrons. The molecule has 1 fully saturated rings. The van der Waals surface area contributed by atoms with Crippen LogP contribution in [0.1, 0.15) is 13.3 Å². The number of rotatable bonds is 3. The summed E-state index contributed by atoms with van der Waals surface area (Å²) in [6, 6.07) is 7.25. The normalized spacial score (nSPS) is 18.7. The number of ether oxygens (including phenoxy) is 1. The van der Waals surface area contributed by atoms with Crippen molar-refractivity contribution in [1.29, 1.82) is 0 Å². The van der Waals surface area contributed by atoms with E-state index in [2.05, 4.69) is 0 Å². The van der Waals surface area contributed by atoms with E-state index in [0.29, 0.717) is 31.0 Å². The smallest absolute Gasteiger partial charge is 0.235 e. The van der Waals surface area contributed by atoms with E-state index < -0.39 is 10.0 Å². The lowest BCUT2D eigenvalue weighted by atomic mass is 10.3. The van der Waals surface area contributed by atoms with Gasteiger partial charge in [-0.2, -0.15) is 0 Å². The summed E-state index contributed by atoms with van der Waals surface area (Å²) >= 11 is 0. The van der Waals surface area contributed by atoms with Gasteiger partial charge in [-0.3, -0.25) is 4.31 Å². The lowest BCUT2D eigenvalue weighted by molar-refractivity contribution is 0.341. The van der Waals surface area contributed by atoms with Gasteiger partial charge in [-0.05, 0) is 25.5 Å². The van der Waals surface area contributed by atoms with Crippen LogP contribution in [0.3, 0.4) is 0 Å². The van der Waals surface area contributed by atoms with Crippen molar-refractivity contribution < 1.29 is 13.2 Å². The van der Waals surface area contributed by atoms with Gasteiger partial charge in [0.25, 0.3) is 0 Å². The van der Waals surface area contributed by atoms with Gasteiger partial charge in [-0.25, -0.2) is 8.42 Å². The second-order valence-corrected chi connectivity index (χ2v) is 5.66. The van der Waals surface area contributed by atoms with Crippen molar-refractivity contribution in [1.82, 2.24) is 0 Å². The molecule has 1 aliphatic rings. The van der Waals surface area contributed by atoms with Crippen LogP contribution >= 0.6 is 0 Å². The molecule has 16 heavy (non-hydrogen) atoms. The second-order valence-electron chi connectivity index (χ2n) is 3.64. The minimum Gasteiger partial charge on any atom is -0.492 e. The van der Waals surface area contributed by atoms with Crippen LogP contribution in [-0.4, -0.2) is 27.3 Å². The van der Waals surface area contributed by atoms with Crippen LogP contribution < -0.4 is 9.04 Å². The quantitative estimate of drug-likeness (QED) is 0.808. The van der Waals surface area contributed by atoms with Crippen LogP contribution in [-0.2, 0) is 10.0 Å². The van der Waals surface area contributed by atoms with Crippen molar-refractivity contribution in [3.8, 4) is 5.75 Å². The molecule has 1 heterocycles. The Bertz CT molecular complexity index is 470. The predicted molar refractivity (Wildman–Crippen MR) is 63.4 cm³/mol. The molecule has 0 amide bonds. The third-order valence-corrected chi connectivity index (χ3v) is 4.39. The second kappa shape index (κ2) is 4.33. The molecule has 1 aromatic carbocycles. The molecule has 1 saturated heterocycles. The summed E-state index contributed by atoms with van der Waals surface area (Å²) in [4.78, 5) is 0. The van der Waals surface area contributed by atoms with Crippen LogP contribution in [0.15, 0.2) is 24.3 Å². The zero-order valence-corrected chi connectivity index (χ0v) is 10.0. The number of nitrogens with zero attached hydrogens (tertiary/aromatic N) is 1. The molecule has 0 aromatic heterocycles. The third-order valence-electron chi connectivity index (χ3n) is 2.53. The minimum atomic E-state index is -3.13. The number of hydrogen-bond acceptors (Lipinski definition) is 3. The first-order valence-corrected chi connectivity index (χ1v) is 6.98. The first-order valence-electron chi connectivity index (χ1n) is 5.37. The van der Waals surface area contributed by atoms with Gasteiger partial charge in [-0.15, -0.1) is 0 Å². The molecule has 1 aromatic rings. The number of para-hydroxylation sites is 2. The van der Waals surface area contributed by atoms with E-state index in [1.807, 2.05) is 19.1 Å². The van der Waals surface area contributed by atoms with E-state index in [-0.39, 0.29) is 5.75 Å². The fourth-order valence-corrected chi connectivity index (χ4v) is 3.42. The Morgan fingerprint density at radius 3 is 2.75 bits per heavy atom. The lowest BCUT2D eigenvalue weighted by Crippen LogP contribution is -2.25. The van der Waals surface area contributed by atoms with Crippen molar-refractivity contribution >= 4 is 15.7 Å². The van der Waals surface area contributed by atoms with Crippen molar-refractivity contribution in [2.24, 2.45) is 0 Å². The summed E-state index contributed by atoms with van der Waals surface area (Å²) in [5, 5.41) is 0. The van der Waals surface area contributed by atoms with Gasteiger partial charge in [0, 0.05) is 6.54 Å². The zero-order chi connectivity index (χ0) is 11.6.